The molecule has 1 N–H and O–H groups in total. The fourth-order valence-corrected chi connectivity index (χ4v) is 2.15. The van der Waals surface area contributed by atoms with Gasteiger partial charge < -0.3 is 10.2 Å². The maximum Gasteiger partial charge on any atom is 0.321 e. The summed E-state index contributed by atoms with van der Waals surface area (Å²) in [7, 11) is 1.48. The molecule has 0 aliphatic heterocycles. The van der Waals surface area contributed by atoms with Crippen molar-refractivity contribution in [1.82, 2.24) is 4.90 Å². The molecule has 2 aromatic rings. The number of anilines is 1. The number of urea groups is 1. The molecule has 0 aliphatic carbocycles. The summed E-state index contributed by atoms with van der Waals surface area (Å²) in [6, 6.07) is 7.21. The highest BCUT2D eigenvalue weighted by Crippen LogP contribution is 2.25. The minimum Gasteiger partial charge on any atom is -0.323 e. The SMILES string of the molecule is Cc1c(NC(=O)N(C)Cc2ccc(F)c(F)c2)cccc1[N+](=O)[O-]. The van der Waals surface area contributed by atoms with Crippen molar-refractivity contribution < 1.29 is 18.5 Å². The number of rotatable bonds is 4. The first kappa shape index (κ1) is 17.3. The average Bonchev–Trinajstić information content (AvgIpc) is 2.52. The lowest BCUT2D eigenvalue weighted by Crippen LogP contribution is -2.31. The molecule has 2 aromatic carbocycles. The van der Waals surface area contributed by atoms with Crippen LogP contribution in [-0.2, 0) is 6.54 Å². The molecule has 8 heteroatoms. The first-order valence-corrected chi connectivity index (χ1v) is 6.99. The number of carbonyl (C=O) groups is 1. The van der Waals surface area contributed by atoms with E-state index in [1.807, 2.05) is 0 Å². The van der Waals surface area contributed by atoms with Gasteiger partial charge in [-0.1, -0.05) is 12.1 Å². The molecular weight excluding hydrogens is 320 g/mol. The lowest BCUT2D eigenvalue weighted by molar-refractivity contribution is -0.385. The Morgan fingerprint density at radius 1 is 1.25 bits per heavy atom. The van der Waals surface area contributed by atoms with Crippen LogP contribution >= 0.6 is 0 Å². The van der Waals surface area contributed by atoms with Crippen LogP contribution in [0.2, 0.25) is 0 Å². The van der Waals surface area contributed by atoms with Crippen LogP contribution < -0.4 is 5.32 Å². The summed E-state index contributed by atoms with van der Waals surface area (Å²) in [6.07, 6.45) is 0. The van der Waals surface area contributed by atoms with Gasteiger partial charge in [0.15, 0.2) is 11.6 Å². The highest BCUT2D eigenvalue weighted by atomic mass is 19.2. The summed E-state index contributed by atoms with van der Waals surface area (Å²) >= 11 is 0. The number of halogens is 2. The molecule has 0 aliphatic rings. The van der Waals surface area contributed by atoms with E-state index in [2.05, 4.69) is 5.32 Å². The van der Waals surface area contributed by atoms with Gasteiger partial charge in [-0.2, -0.15) is 0 Å². The molecule has 2 rings (SSSR count). The van der Waals surface area contributed by atoms with Crippen LogP contribution in [0.4, 0.5) is 25.0 Å². The largest absolute Gasteiger partial charge is 0.323 e. The molecule has 0 atom stereocenters. The fourth-order valence-electron chi connectivity index (χ4n) is 2.15. The van der Waals surface area contributed by atoms with Crippen molar-refractivity contribution in [3.8, 4) is 0 Å². The zero-order valence-electron chi connectivity index (χ0n) is 13.0. The topological polar surface area (TPSA) is 75.5 Å². The van der Waals surface area contributed by atoms with Gasteiger partial charge in [-0.25, -0.2) is 13.6 Å². The van der Waals surface area contributed by atoms with Crippen molar-refractivity contribution in [3.05, 3.63) is 69.3 Å². The van der Waals surface area contributed by atoms with E-state index in [0.29, 0.717) is 16.8 Å². The molecule has 0 unspecified atom stereocenters. The molecule has 0 fully saturated rings. The van der Waals surface area contributed by atoms with Crippen LogP contribution in [0.15, 0.2) is 36.4 Å². The quantitative estimate of drug-likeness (QED) is 0.681. The number of nitro groups is 1. The summed E-state index contributed by atoms with van der Waals surface area (Å²) in [5.74, 6) is -1.95. The highest BCUT2D eigenvalue weighted by molar-refractivity contribution is 5.90. The lowest BCUT2D eigenvalue weighted by Gasteiger charge is -2.19. The first-order chi connectivity index (χ1) is 11.3. The fraction of sp³-hybridized carbons (Fsp3) is 0.188. The number of hydrogen-bond acceptors (Lipinski definition) is 3. The van der Waals surface area contributed by atoms with Crippen molar-refractivity contribution in [2.24, 2.45) is 0 Å². The predicted molar refractivity (Wildman–Crippen MR) is 84.7 cm³/mol. The van der Waals surface area contributed by atoms with Crippen LogP contribution in [0.25, 0.3) is 0 Å². The van der Waals surface area contributed by atoms with E-state index < -0.39 is 22.6 Å². The number of benzene rings is 2. The van der Waals surface area contributed by atoms with Gasteiger partial charge in [0.25, 0.3) is 5.69 Å². The molecule has 126 valence electrons. The third-order valence-corrected chi connectivity index (χ3v) is 3.49. The van der Waals surface area contributed by atoms with E-state index in [0.717, 1.165) is 12.1 Å². The van der Waals surface area contributed by atoms with Gasteiger partial charge in [0.2, 0.25) is 0 Å². The van der Waals surface area contributed by atoms with Crippen molar-refractivity contribution in [1.29, 1.82) is 0 Å². The van der Waals surface area contributed by atoms with E-state index in [1.165, 1.54) is 37.1 Å². The van der Waals surface area contributed by atoms with Crippen LogP contribution in [0.1, 0.15) is 11.1 Å². The monoisotopic (exact) mass is 335 g/mol. The van der Waals surface area contributed by atoms with Crippen LogP contribution in [-0.4, -0.2) is 22.9 Å². The van der Waals surface area contributed by atoms with E-state index in [-0.39, 0.29) is 12.2 Å². The molecule has 0 spiro atoms. The molecule has 2 amide bonds. The second kappa shape index (κ2) is 7.03. The Kier molecular flexibility index (Phi) is 5.08. The number of nitrogens with one attached hydrogen (secondary N) is 1. The van der Waals surface area contributed by atoms with E-state index in [9.17, 15) is 23.7 Å². The molecule has 0 radical (unpaired) electrons. The van der Waals surface area contributed by atoms with Gasteiger partial charge in [-0.15, -0.1) is 0 Å². The molecule has 6 nitrogen and oxygen atoms in total. The molecule has 0 bridgehead atoms. The Balaban J connectivity index is 2.10. The molecular formula is C16H15F2N3O3. The van der Waals surface area contributed by atoms with Crippen LogP contribution in [0.5, 0.6) is 0 Å². The Bertz CT molecular complexity index is 796. The van der Waals surface area contributed by atoms with Crippen LogP contribution in [0, 0.1) is 28.7 Å². The molecule has 0 saturated heterocycles. The maximum absolute atomic E-state index is 13.2. The number of carbonyl (C=O) groups excluding carboxylic acids is 1. The normalized spacial score (nSPS) is 10.3. The Hall–Kier alpha value is -3.03. The van der Waals surface area contributed by atoms with Gasteiger partial charge in [-0.05, 0) is 30.7 Å². The highest BCUT2D eigenvalue weighted by Gasteiger charge is 2.17. The summed E-state index contributed by atoms with van der Waals surface area (Å²) in [4.78, 5) is 23.8. The lowest BCUT2D eigenvalue weighted by atomic mass is 10.1. The molecule has 24 heavy (non-hydrogen) atoms. The standard InChI is InChI=1S/C16H15F2N3O3/c1-10-14(4-3-5-15(10)21(23)24)19-16(22)20(2)9-11-6-7-12(17)13(18)8-11/h3-8H,9H2,1-2H3,(H,19,22). The summed E-state index contributed by atoms with van der Waals surface area (Å²) in [5.41, 5.74) is 0.960. The average molecular weight is 335 g/mol. The van der Waals surface area contributed by atoms with Crippen molar-refractivity contribution in [2.45, 2.75) is 13.5 Å². The minimum atomic E-state index is -0.990. The minimum absolute atomic E-state index is 0.0526. The smallest absolute Gasteiger partial charge is 0.321 e. The maximum atomic E-state index is 13.2. The summed E-state index contributed by atoms with van der Waals surface area (Å²) in [6.45, 7) is 1.58. The summed E-state index contributed by atoms with van der Waals surface area (Å²) < 4.78 is 26.1. The van der Waals surface area contributed by atoms with Gasteiger partial charge in [-0.3, -0.25) is 10.1 Å². The van der Waals surface area contributed by atoms with Gasteiger partial charge in [0.05, 0.1) is 16.2 Å². The molecule has 0 saturated carbocycles. The molecule has 0 heterocycles. The third kappa shape index (κ3) is 3.83. The van der Waals surface area contributed by atoms with Gasteiger partial charge in [0.1, 0.15) is 0 Å². The van der Waals surface area contributed by atoms with Gasteiger partial charge in [0, 0.05) is 19.7 Å². The van der Waals surface area contributed by atoms with E-state index in [1.54, 1.807) is 6.07 Å². The van der Waals surface area contributed by atoms with E-state index >= 15 is 0 Å². The Labute approximate surface area is 136 Å². The third-order valence-electron chi connectivity index (χ3n) is 3.49. The number of hydrogen-bond donors (Lipinski definition) is 1. The first-order valence-electron chi connectivity index (χ1n) is 6.99. The molecule has 0 aromatic heterocycles. The second-order valence-electron chi connectivity index (χ2n) is 5.24. The Morgan fingerprint density at radius 3 is 2.58 bits per heavy atom. The number of amides is 2. The van der Waals surface area contributed by atoms with Crippen molar-refractivity contribution in [2.75, 3.05) is 12.4 Å². The van der Waals surface area contributed by atoms with Crippen molar-refractivity contribution in [3.63, 3.8) is 0 Å². The summed E-state index contributed by atoms with van der Waals surface area (Å²) in [5, 5.41) is 13.5. The number of nitro benzene ring substituents is 1. The van der Waals surface area contributed by atoms with E-state index in [4.69, 9.17) is 0 Å². The second-order valence-corrected chi connectivity index (χ2v) is 5.24. The Morgan fingerprint density at radius 2 is 1.96 bits per heavy atom. The van der Waals surface area contributed by atoms with Gasteiger partial charge >= 0.3 is 6.03 Å². The van der Waals surface area contributed by atoms with Crippen molar-refractivity contribution >= 4 is 17.4 Å². The predicted octanol–water partition coefficient (Wildman–Crippen LogP) is 3.85. The van der Waals surface area contributed by atoms with Crippen LogP contribution in [0.3, 0.4) is 0 Å². The number of nitrogens with zero attached hydrogens (tertiary/aromatic N) is 2. The zero-order valence-corrected chi connectivity index (χ0v) is 13.0. The zero-order chi connectivity index (χ0) is 17.9.